The van der Waals surface area contributed by atoms with Gasteiger partial charge in [-0.1, -0.05) is 0 Å². The molecule has 0 N–H and O–H groups in total. The average molecular weight is 194 g/mol. The van der Waals surface area contributed by atoms with Crippen molar-refractivity contribution in [1.82, 2.24) is 4.90 Å². The molecule has 0 bridgehead atoms. The van der Waals surface area contributed by atoms with Crippen molar-refractivity contribution < 1.29 is 15.7 Å². The molecule has 0 aromatic carbocycles. The molecule has 1 aliphatic heterocycles. The van der Waals surface area contributed by atoms with E-state index in [1.54, 1.807) is 0 Å². The highest BCUT2D eigenvalue weighted by Crippen LogP contribution is 1.95. The molecule has 0 amide bonds. The normalized spacial score (nSPS) is 52.1. The van der Waals surface area contributed by atoms with Gasteiger partial charge in [-0.25, -0.2) is 0 Å². The predicted molar refractivity (Wildman–Crippen MR) is 45.2 cm³/mol. The van der Waals surface area contributed by atoms with Crippen molar-refractivity contribution in [2.24, 2.45) is 0 Å². The lowest BCUT2D eigenvalue weighted by molar-refractivity contribution is 0.0408. The van der Waals surface area contributed by atoms with Gasteiger partial charge in [0.1, 0.15) is 0 Å². The molecule has 1 rings (SSSR count). The van der Waals surface area contributed by atoms with Gasteiger partial charge in [-0.2, -0.15) is 0 Å². The molecule has 1 fully saturated rings. The van der Waals surface area contributed by atoms with Gasteiger partial charge in [0.2, 0.25) is 0 Å². The summed E-state index contributed by atoms with van der Waals surface area (Å²) in [6.07, 6.45) is 0. The average Bonchev–Trinajstić information content (AvgIpc) is 2.09. The van der Waals surface area contributed by atoms with E-state index < -0.39 is 26.1 Å². The summed E-state index contributed by atoms with van der Waals surface area (Å²) in [4.78, 5) is 0.413. The molecule has 0 saturated carbocycles. The van der Waals surface area contributed by atoms with Crippen LogP contribution in [0.1, 0.15) is 11.0 Å². The number of nitrogens with zero attached hydrogens (tertiary/aromatic N) is 1. The molecule has 1 aliphatic rings. The molecule has 0 spiro atoms. The largest absolute Gasteiger partial charge is 0.379 e. The van der Waals surface area contributed by atoms with Gasteiger partial charge in [0.05, 0.1) is 18.6 Å². The fourth-order valence-corrected chi connectivity index (χ4v) is 0.575. The van der Waals surface area contributed by atoms with Crippen molar-refractivity contribution in [3.63, 3.8) is 0 Å². The van der Waals surface area contributed by atoms with E-state index in [2.05, 4.69) is 4.74 Å². The monoisotopic (exact) mass is 193 g/mol. The van der Waals surface area contributed by atoms with Crippen LogP contribution in [0.3, 0.4) is 0 Å². The lowest BCUT2D eigenvalue weighted by Gasteiger charge is -2.25. The molecule has 2 nitrogen and oxygen atoms in total. The Labute approximate surface area is 84.1 Å². The summed E-state index contributed by atoms with van der Waals surface area (Å²) >= 11 is 5.41. The summed E-state index contributed by atoms with van der Waals surface area (Å²) in [7, 11) is 0. The standard InChI is InChI=1S/C6H12ClNO.ClH/c7-1-2-8-3-5-9-6-4-8;/h1-6H2;1H/i3D2,4D2,5D2,6D2;. The van der Waals surface area contributed by atoms with Crippen molar-refractivity contribution in [1.29, 1.82) is 0 Å². The minimum absolute atomic E-state index is 0. The van der Waals surface area contributed by atoms with E-state index in [4.69, 9.17) is 22.6 Å². The predicted octanol–water partition coefficient (Wildman–Crippen LogP) is 0.979. The maximum atomic E-state index is 7.55. The van der Waals surface area contributed by atoms with E-state index in [9.17, 15) is 0 Å². The molecule has 0 aromatic rings. The maximum Gasteiger partial charge on any atom is 0.0594 e. The number of hydrogen-bond donors (Lipinski definition) is 0. The van der Waals surface area contributed by atoms with Gasteiger partial charge in [-0.3, -0.25) is 4.90 Å². The van der Waals surface area contributed by atoms with E-state index in [0.717, 1.165) is 0 Å². The summed E-state index contributed by atoms with van der Waals surface area (Å²) in [6, 6.07) is 0. The van der Waals surface area contributed by atoms with Crippen LogP contribution in [0.15, 0.2) is 0 Å². The third-order valence-electron chi connectivity index (χ3n) is 0.771. The second-order valence-corrected chi connectivity index (χ2v) is 1.75. The number of alkyl halides is 1. The first-order valence-electron chi connectivity index (χ1n) is 6.44. The highest BCUT2D eigenvalue weighted by atomic mass is 35.5. The number of halogens is 2. The highest BCUT2D eigenvalue weighted by molar-refractivity contribution is 6.18. The Kier molecular flexibility index (Phi) is 1.93. The molecule has 0 radical (unpaired) electrons. The lowest BCUT2D eigenvalue weighted by atomic mass is 10.4. The Hall–Kier alpha value is 0.500. The summed E-state index contributed by atoms with van der Waals surface area (Å²) in [6.45, 7) is -11.9. The van der Waals surface area contributed by atoms with Gasteiger partial charge in [0.25, 0.3) is 0 Å². The van der Waals surface area contributed by atoms with Crippen LogP contribution in [-0.4, -0.2) is 43.4 Å². The molecule has 10 heavy (non-hydrogen) atoms. The number of rotatable bonds is 2. The minimum Gasteiger partial charge on any atom is -0.379 e. The fourth-order valence-electron chi connectivity index (χ4n) is 0.406. The van der Waals surface area contributed by atoms with Gasteiger partial charge < -0.3 is 4.74 Å². The Morgan fingerprint density at radius 2 is 2.10 bits per heavy atom. The van der Waals surface area contributed by atoms with Gasteiger partial charge in [-0.05, 0) is 0 Å². The molecular formula is C6H13Cl2NO. The van der Waals surface area contributed by atoms with Crippen molar-refractivity contribution in [2.75, 3.05) is 38.5 Å². The van der Waals surface area contributed by atoms with E-state index in [1.807, 2.05) is 0 Å². The topological polar surface area (TPSA) is 12.5 Å². The van der Waals surface area contributed by atoms with E-state index in [-0.39, 0.29) is 24.8 Å². The summed E-state index contributed by atoms with van der Waals surface area (Å²) < 4.78 is 63.9. The lowest BCUT2D eigenvalue weighted by Crippen LogP contribution is -2.37. The Morgan fingerprint density at radius 3 is 2.60 bits per heavy atom. The number of morpholine rings is 1. The first-order valence-corrected chi connectivity index (χ1v) is 2.97. The van der Waals surface area contributed by atoms with Crippen LogP contribution in [0.25, 0.3) is 0 Å². The van der Waals surface area contributed by atoms with E-state index in [1.165, 1.54) is 0 Å². The Morgan fingerprint density at radius 1 is 1.50 bits per heavy atom. The molecule has 0 aliphatic carbocycles. The van der Waals surface area contributed by atoms with Gasteiger partial charge in [0.15, 0.2) is 0 Å². The van der Waals surface area contributed by atoms with Crippen LogP contribution in [0.5, 0.6) is 0 Å². The number of hydrogen-bond acceptors (Lipinski definition) is 2. The van der Waals surface area contributed by atoms with Crippen LogP contribution in [0.4, 0.5) is 0 Å². The van der Waals surface area contributed by atoms with Gasteiger partial charge in [0, 0.05) is 30.9 Å². The zero-order valence-corrected chi connectivity index (χ0v) is 6.63. The quantitative estimate of drug-likeness (QED) is 0.607. The maximum absolute atomic E-state index is 7.55. The van der Waals surface area contributed by atoms with Crippen LogP contribution >= 0.6 is 24.0 Å². The third-order valence-corrected chi connectivity index (χ3v) is 0.940. The smallest absolute Gasteiger partial charge is 0.0594 e. The SMILES string of the molecule is Cl.[2H]C1([2H])OC([2H])([2H])C([2H])([2H])N(CCCl)C1([2H])[2H]. The summed E-state index contributed by atoms with van der Waals surface area (Å²) in [5.41, 5.74) is 0. The van der Waals surface area contributed by atoms with Crippen LogP contribution in [-0.2, 0) is 4.74 Å². The van der Waals surface area contributed by atoms with Crippen LogP contribution < -0.4 is 0 Å². The molecule has 4 heteroatoms. The van der Waals surface area contributed by atoms with Crippen molar-refractivity contribution >= 4 is 24.0 Å². The third kappa shape index (κ3) is 3.62. The minimum atomic E-state index is -2.98. The Bertz CT molecular complexity index is 286. The molecule has 62 valence electrons. The Balaban J connectivity index is 0.00000289. The second-order valence-electron chi connectivity index (χ2n) is 1.37. The second kappa shape index (κ2) is 6.23. The molecular weight excluding hydrogens is 173 g/mol. The summed E-state index contributed by atoms with van der Waals surface area (Å²) in [5, 5.41) is 0. The van der Waals surface area contributed by atoms with Gasteiger partial charge in [-0.15, -0.1) is 24.0 Å². The molecule has 1 heterocycles. The molecule has 0 aromatic heterocycles. The zero-order valence-electron chi connectivity index (χ0n) is 13.1. The van der Waals surface area contributed by atoms with Crippen molar-refractivity contribution in [3.05, 3.63) is 0 Å². The fraction of sp³-hybridized carbons (Fsp3) is 1.00. The number of ether oxygens (including phenoxy) is 1. The first-order chi connectivity index (χ1) is 7.40. The van der Waals surface area contributed by atoms with E-state index >= 15 is 0 Å². The molecule has 0 unspecified atom stereocenters. The highest BCUT2D eigenvalue weighted by Gasteiger charge is 2.07. The summed E-state index contributed by atoms with van der Waals surface area (Å²) in [5.74, 6) is -0.162. The van der Waals surface area contributed by atoms with E-state index in [0.29, 0.717) is 4.90 Å². The van der Waals surface area contributed by atoms with Crippen molar-refractivity contribution in [3.8, 4) is 0 Å². The van der Waals surface area contributed by atoms with Crippen LogP contribution in [0.2, 0.25) is 0 Å². The first kappa shape index (κ1) is 3.09. The zero-order chi connectivity index (χ0) is 13.7. The molecule has 0 atom stereocenters. The van der Waals surface area contributed by atoms with Crippen molar-refractivity contribution in [2.45, 2.75) is 0 Å². The van der Waals surface area contributed by atoms with Crippen LogP contribution in [0, 0.1) is 0 Å². The van der Waals surface area contributed by atoms with Gasteiger partial charge >= 0.3 is 0 Å². The molecule has 1 saturated heterocycles.